The molecule has 3 rings (SSSR count). The maximum atomic E-state index is 12.3. The van der Waals surface area contributed by atoms with E-state index in [2.05, 4.69) is 41.4 Å². The maximum Gasteiger partial charge on any atom is 0.224 e. The molecule has 1 saturated heterocycles. The highest BCUT2D eigenvalue weighted by molar-refractivity contribution is 5.79. The Morgan fingerprint density at radius 3 is 2.72 bits per heavy atom. The molecular weight excluding hydrogens is 310 g/mol. The van der Waals surface area contributed by atoms with E-state index < -0.39 is 0 Å². The van der Waals surface area contributed by atoms with Crippen LogP contribution in [-0.2, 0) is 17.8 Å². The number of carbonyl (C=O) groups is 1. The van der Waals surface area contributed by atoms with Gasteiger partial charge in [-0.2, -0.15) is 0 Å². The molecule has 2 aromatic rings. The van der Waals surface area contributed by atoms with Crippen molar-refractivity contribution in [3.05, 3.63) is 65.7 Å². The smallest absolute Gasteiger partial charge is 0.224 e. The predicted octanol–water partition coefficient (Wildman–Crippen LogP) is 2.84. The van der Waals surface area contributed by atoms with Crippen LogP contribution in [0.5, 0.6) is 0 Å². The number of nitrogens with one attached hydrogen (secondary N) is 1. The molecule has 1 amide bonds. The topological polar surface area (TPSA) is 58.4 Å². The summed E-state index contributed by atoms with van der Waals surface area (Å²) in [7, 11) is 0. The molecule has 2 aromatic carbocycles. The van der Waals surface area contributed by atoms with Crippen LogP contribution in [0.1, 0.15) is 24.5 Å². The quantitative estimate of drug-likeness (QED) is 0.797. The fourth-order valence-corrected chi connectivity index (χ4v) is 3.57. The highest BCUT2D eigenvalue weighted by Gasteiger charge is 2.27. The average Bonchev–Trinajstić information content (AvgIpc) is 3.04. The summed E-state index contributed by atoms with van der Waals surface area (Å²) in [6.45, 7) is 5.23. The highest BCUT2D eigenvalue weighted by Crippen LogP contribution is 2.21. The van der Waals surface area contributed by atoms with Crippen molar-refractivity contribution in [2.75, 3.05) is 18.8 Å². The Balaban J connectivity index is 1.47. The van der Waals surface area contributed by atoms with Gasteiger partial charge in [0.2, 0.25) is 5.91 Å². The minimum Gasteiger partial charge on any atom is -0.399 e. The van der Waals surface area contributed by atoms with Gasteiger partial charge in [-0.15, -0.1) is 0 Å². The van der Waals surface area contributed by atoms with Crippen LogP contribution in [0.3, 0.4) is 0 Å². The van der Waals surface area contributed by atoms with E-state index in [1.54, 1.807) is 0 Å². The summed E-state index contributed by atoms with van der Waals surface area (Å²) in [5.74, 6) is 0.577. The first-order chi connectivity index (χ1) is 12.1. The predicted molar refractivity (Wildman–Crippen MR) is 102 cm³/mol. The van der Waals surface area contributed by atoms with Crippen molar-refractivity contribution < 1.29 is 4.79 Å². The number of rotatable bonds is 6. The third-order valence-electron chi connectivity index (χ3n) is 4.97. The molecule has 25 heavy (non-hydrogen) atoms. The molecule has 2 unspecified atom stereocenters. The second-order valence-corrected chi connectivity index (χ2v) is 7.05. The average molecular weight is 337 g/mol. The number of likely N-dealkylation sites (tertiary alicyclic amines) is 1. The van der Waals surface area contributed by atoms with Crippen LogP contribution >= 0.6 is 0 Å². The normalized spacial score (nSPS) is 18.8. The van der Waals surface area contributed by atoms with Crippen molar-refractivity contribution in [1.29, 1.82) is 0 Å². The van der Waals surface area contributed by atoms with E-state index in [1.807, 2.05) is 30.3 Å². The molecule has 132 valence electrons. The Kier molecular flexibility index (Phi) is 5.71. The fourth-order valence-electron chi connectivity index (χ4n) is 3.57. The van der Waals surface area contributed by atoms with Gasteiger partial charge < -0.3 is 11.1 Å². The number of hydrogen-bond acceptors (Lipinski definition) is 3. The lowest BCUT2D eigenvalue weighted by Gasteiger charge is -2.22. The number of anilines is 1. The Labute approximate surface area is 150 Å². The Hall–Kier alpha value is -2.33. The third-order valence-corrected chi connectivity index (χ3v) is 4.97. The maximum absolute atomic E-state index is 12.3. The Morgan fingerprint density at radius 1 is 1.20 bits per heavy atom. The molecule has 0 saturated carbocycles. The molecule has 1 aliphatic rings. The summed E-state index contributed by atoms with van der Waals surface area (Å²) < 4.78 is 0. The van der Waals surface area contributed by atoms with Crippen molar-refractivity contribution in [2.45, 2.75) is 32.4 Å². The molecule has 4 heteroatoms. The van der Waals surface area contributed by atoms with Gasteiger partial charge in [-0.05, 0) is 49.1 Å². The molecular formula is C21H27N3O. The second kappa shape index (κ2) is 8.17. The molecule has 0 radical (unpaired) electrons. The lowest BCUT2D eigenvalue weighted by atomic mass is 10.00. The van der Waals surface area contributed by atoms with Gasteiger partial charge in [0, 0.05) is 24.8 Å². The number of nitrogen functional groups attached to an aromatic ring is 1. The summed E-state index contributed by atoms with van der Waals surface area (Å²) in [5, 5.41) is 3.17. The van der Waals surface area contributed by atoms with Crippen LogP contribution in [0, 0.1) is 5.92 Å². The van der Waals surface area contributed by atoms with E-state index in [1.165, 1.54) is 5.56 Å². The van der Waals surface area contributed by atoms with E-state index in [9.17, 15) is 4.79 Å². The Morgan fingerprint density at radius 2 is 1.96 bits per heavy atom. The number of amides is 1. The standard InChI is InChI=1S/C21H27N3O/c1-16(23-21(25)13-18-8-5-9-20(22)12-18)19-10-11-24(15-19)14-17-6-3-2-4-7-17/h2-9,12,16,19H,10-11,13-15,22H2,1H3,(H,23,25). The first-order valence-corrected chi connectivity index (χ1v) is 9.00. The molecule has 1 heterocycles. The van der Waals surface area contributed by atoms with Crippen LogP contribution in [0.15, 0.2) is 54.6 Å². The van der Waals surface area contributed by atoms with E-state index in [0.717, 1.165) is 31.6 Å². The van der Waals surface area contributed by atoms with Crippen LogP contribution in [-0.4, -0.2) is 29.9 Å². The molecule has 4 nitrogen and oxygen atoms in total. The lowest BCUT2D eigenvalue weighted by molar-refractivity contribution is -0.121. The van der Waals surface area contributed by atoms with Crippen molar-refractivity contribution in [2.24, 2.45) is 5.92 Å². The second-order valence-electron chi connectivity index (χ2n) is 7.05. The largest absolute Gasteiger partial charge is 0.399 e. The van der Waals surface area contributed by atoms with E-state index in [-0.39, 0.29) is 11.9 Å². The van der Waals surface area contributed by atoms with Gasteiger partial charge in [-0.1, -0.05) is 42.5 Å². The van der Waals surface area contributed by atoms with Gasteiger partial charge in [0.15, 0.2) is 0 Å². The summed E-state index contributed by atoms with van der Waals surface area (Å²) >= 11 is 0. The van der Waals surface area contributed by atoms with E-state index >= 15 is 0 Å². The van der Waals surface area contributed by atoms with Gasteiger partial charge in [0.05, 0.1) is 6.42 Å². The van der Waals surface area contributed by atoms with Crippen molar-refractivity contribution >= 4 is 11.6 Å². The molecule has 1 fully saturated rings. The molecule has 0 aliphatic carbocycles. The van der Waals surface area contributed by atoms with Crippen LogP contribution < -0.4 is 11.1 Å². The molecule has 0 aromatic heterocycles. The van der Waals surface area contributed by atoms with Crippen molar-refractivity contribution in [1.82, 2.24) is 10.2 Å². The first kappa shape index (κ1) is 17.5. The van der Waals surface area contributed by atoms with Crippen molar-refractivity contribution in [3.63, 3.8) is 0 Å². The zero-order chi connectivity index (χ0) is 17.6. The van der Waals surface area contributed by atoms with E-state index in [0.29, 0.717) is 18.0 Å². The minimum absolute atomic E-state index is 0.0691. The van der Waals surface area contributed by atoms with Crippen LogP contribution in [0.2, 0.25) is 0 Å². The number of nitrogens with zero attached hydrogens (tertiary/aromatic N) is 1. The minimum atomic E-state index is 0.0691. The van der Waals surface area contributed by atoms with Gasteiger partial charge in [0.1, 0.15) is 0 Å². The molecule has 0 bridgehead atoms. The summed E-state index contributed by atoms with van der Waals surface area (Å²) in [5.41, 5.74) is 8.78. The number of benzene rings is 2. The van der Waals surface area contributed by atoms with Gasteiger partial charge in [0.25, 0.3) is 0 Å². The van der Waals surface area contributed by atoms with E-state index in [4.69, 9.17) is 5.73 Å². The summed E-state index contributed by atoms with van der Waals surface area (Å²) in [6, 6.07) is 18.3. The van der Waals surface area contributed by atoms with Gasteiger partial charge in [-0.25, -0.2) is 0 Å². The third kappa shape index (κ3) is 5.07. The van der Waals surface area contributed by atoms with Crippen LogP contribution in [0.4, 0.5) is 5.69 Å². The monoisotopic (exact) mass is 337 g/mol. The molecule has 3 N–H and O–H groups in total. The Bertz CT molecular complexity index is 701. The molecule has 0 spiro atoms. The fraction of sp³-hybridized carbons (Fsp3) is 0.381. The summed E-state index contributed by atoms with van der Waals surface area (Å²) in [4.78, 5) is 14.8. The number of hydrogen-bond donors (Lipinski definition) is 2. The zero-order valence-corrected chi connectivity index (χ0v) is 14.8. The number of nitrogens with two attached hydrogens (primary N) is 1. The molecule has 1 aliphatic heterocycles. The summed E-state index contributed by atoms with van der Waals surface area (Å²) in [6.07, 6.45) is 1.52. The van der Waals surface area contributed by atoms with Gasteiger partial charge >= 0.3 is 0 Å². The molecule has 2 atom stereocenters. The highest BCUT2D eigenvalue weighted by atomic mass is 16.1. The number of carbonyl (C=O) groups excluding carboxylic acids is 1. The van der Waals surface area contributed by atoms with Gasteiger partial charge in [-0.3, -0.25) is 9.69 Å². The SMILES string of the molecule is CC(NC(=O)Cc1cccc(N)c1)C1CCN(Cc2ccccc2)C1. The van der Waals surface area contributed by atoms with Crippen LogP contribution in [0.25, 0.3) is 0 Å². The lowest BCUT2D eigenvalue weighted by Crippen LogP contribution is -2.40. The van der Waals surface area contributed by atoms with Crippen molar-refractivity contribution in [3.8, 4) is 0 Å². The zero-order valence-electron chi connectivity index (χ0n) is 14.8. The first-order valence-electron chi connectivity index (χ1n) is 9.00.